The van der Waals surface area contributed by atoms with Crippen molar-refractivity contribution < 1.29 is 17.2 Å². The van der Waals surface area contributed by atoms with Gasteiger partial charge in [-0.15, -0.1) is 0 Å². The predicted molar refractivity (Wildman–Crippen MR) is 110 cm³/mol. The van der Waals surface area contributed by atoms with Gasteiger partial charge in [0.1, 0.15) is 16.3 Å². The summed E-state index contributed by atoms with van der Waals surface area (Å²) in [6.07, 6.45) is 5.13. The number of rotatable bonds is 5. The molecule has 0 atom stereocenters. The van der Waals surface area contributed by atoms with Crippen molar-refractivity contribution in [2.24, 2.45) is 0 Å². The molecule has 152 valence electrons. The van der Waals surface area contributed by atoms with Crippen LogP contribution in [0.1, 0.15) is 32.1 Å². The van der Waals surface area contributed by atoms with Crippen molar-refractivity contribution in [2.45, 2.75) is 43.0 Å². The minimum Gasteiger partial charge on any atom is -0.421 e. The number of nitrogens with one attached hydrogen (secondary N) is 2. The van der Waals surface area contributed by atoms with Crippen molar-refractivity contribution in [1.29, 1.82) is 0 Å². The van der Waals surface area contributed by atoms with E-state index in [0.29, 0.717) is 16.7 Å². The molecule has 1 saturated carbocycles. The van der Waals surface area contributed by atoms with Gasteiger partial charge in [0.15, 0.2) is 5.69 Å². The Hall–Kier alpha value is -2.87. The van der Waals surface area contributed by atoms with Crippen LogP contribution in [0.2, 0.25) is 0 Å². The summed E-state index contributed by atoms with van der Waals surface area (Å²) in [5, 5.41) is 3.93. The first-order valence-electron chi connectivity index (χ1n) is 9.55. The van der Waals surface area contributed by atoms with Crippen molar-refractivity contribution in [3.05, 3.63) is 64.8 Å². The number of hydrogen-bond acceptors (Lipinski definition) is 5. The lowest BCUT2D eigenvalue weighted by molar-refractivity contribution is 0.462. The highest BCUT2D eigenvalue weighted by Crippen LogP contribution is 2.33. The molecule has 2 aromatic carbocycles. The van der Waals surface area contributed by atoms with Crippen LogP contribution in [0.4, 0.5) is 15.8 Å². The Morgan fingerprint density at radius 2 is 1.62 bits per heavy atom. The van der Waals surface area contributed by atoms with E-state index in [9.17, 15) is 17.6 Å². The zero-order chi connectivity index (χ0) is 20.4. The van der Waals surface area contributed by atoms with E-state index in [0.717, 1.165) is 44.2 Å². The number of fused-ring (bicyclic) bond motifs is 1. The van der Waals surface area contributed by atoms with Crippen molar-refractivity contribution in [3.63, 3.8) is 0 Å². The molecule has 0 aliphatic heterocycles. The molecule has 0 amide bonds. The van der Waals surface area contributed by atoms with E-state index in [1.54, 1.807) is 24.3 Å². The summed E-state index contributed by atoms with van der Waals surface area (Å²) in [7, 11) is -4.32. The first-order chi connectivity index (χ1) is 14.0. The Morgan fingerprint density at radius 1 is 0.931 bits per heavy atom. The third-order valence-electron chi connectivity index (χ3n) is 5.13. The Morgan fingerprint density at radius 3 is 2.38 bits per heavy atom. The molecule has 4 rings (SSSR count). The van der Waals surface area contributed by atoms with Crippen LogP contribution in [0.5, 0.6) is 0 Å². The summed E-state index contributed by atoms with van der Waals surface area (Å²) in [6, 6.07) is 12.1. The molecule has 1 aromatic heterocycles. The number of hydrogen-bond donors (Lipinski definition) is 2. The quantitative estimate of drug-likeness (QED) is 0.599. The molecule has 0 spiro atoms. The Balaban J connectivity index is 1.82. The molecule has 29 heavy (non-hydrogen) atoms. The van der Waals surface area contributed by atoms with E-state index in [4.69, 9.17) is 4.42 Å². The van der Waals surface area contributed by atoms with Gasteiger partial charge in [0, 0.05) is 11.4 Å². The third kappa shape index (κ3) is 3.98. The van der Waals surface area contributed by atoms with E-state index in [1.807, 2.05) is 0 Å². The molecule has 0 radical (unpaired) electrons. The molecule has 1 heterocycles. The maximum absolute atomic E-state index is 14.1. The van der Waals surface area contributed by atoms with Crippen LogP contribution in [0.25, 0.3) is 11.0 Å². The second kappa shape index (κ2) is 7.87. The molecule has 1 aliphatic carbocycles. The minimum atomic E-state index is -4.32. The van der Waals surface area contributed by atoms with Gasteiger partial charge < -0.3 is 9.73 Å². The van der Waals surface area contributed by atoms with E-state index in [-0.39, 0.29) is 11.7 Å². The van der Waals surface area contributed by atoms with Gasteiger partial charge in [-0.05, 0) is 37.1 Å². The zero-order valence-corrected chi connectivity index (χ0v) is 16.5. The van der Waals surface area contributed by atoms with Crippen LogP contribution < -0.4 is 15.7 Å². The third-order valence-corrected chi connectivity index (χ3v) is 6.51. The summed E-state index contributed by atoms with van der Waals surface area (Å²) in [5.74, 6) is -0.896. The van der Waals surface area contributed by atoms with Crippen LogP contribution in [0.3, 0.4) is 0 Å². The highest BCUT2D eigenvalue weighted by atomic mass is 32.2. The molecule has 2 N–H and O–H groups in total. The second-order valence-electron chi connectivity index (χ2n) is 7.15. The smallest absolute Gasteiger partial charge is 0.363 e. The van der Waals surface area contributed by atoms with Gasteiger partial charge in [-0.1, -0.05) is 43.5 Å². The first kappa shape index (κ1) is 19.4. The SMILES string of the molecule is O=c1oc2ccccc2c(NC2CCCCC2)c1NS(=O)(=O)c1ccccc1F. The predicted octanol–water partition coefficient (Wildman–Crippen LogP) is 4.48. The van der Waals surface area contributed by atoms with Crippen molar-refractivity contribution in [1.82, 2.24) is 0 Å². The summed E-state index contributed by atoms with van der Waals surface area (Å²) in [6.45, 7) is 0. The van der Waals surface area contributed by atoms with Gasteiger partial charge in [0.2, 0.25) is 0 Å². The largest absolute Gasteiger partial charge is 0.421 e. The first-order valence-corrected chi connectivity index (χ1v) is 11.0. The second-order valence-corrected chi connectivity index (χ2v) is 8.80. The highest BCUT2D eigenvalue weighted by Gasteiger charge is 2.25. The fourth-order valence-corrected chi connectivity index (χ4v) is 4.84. The molecular formula is C21H21FN2O4S. The van der Waals surface area contributed by atoms with Gasteiger partial charge in [0.25, 0.3) is 10.0 Å². The number of sulfonamides is 1. The summed E-state index contributed by atoms with van der Waals surface area (Å²) in [5.41, 5.74) is -0.354. The molecule has 1 aliphatic rings. The molecule has 6 nitrogen and oxygen atoms in total. The zero-order valence-electron chi connectivity index (χ0n) is 15.7. The number of para-hydroxylation sites is 1. The van der Waals surface area contributed by atoms with Crippen LogP contribution in [0.15, 0.2) is 62.6 Å². The molecule has 8 heteroatoms. The number of benzene rings is 2. The van der Waals surface area contributed by atoms with E-state index < -0.39 is 26.4 Å². The number of anilines is 2. The number of halogens is 1. The fraction of sp³-hybridized carbons (Fsp3) is 0.286. The van der Waals surface area contributed by atoms with Crippen molar-refractivity contribution in [3.8, 4) is 0 Å². The van der Waals surface area contributed by atoms with E-state index in [2.05, 4.69) is 10.0 Å². The topological polar surface area (TPSA) is 88.4 Å². The molecule has 3 aromatic rings. The van der Waals surface area contributed by atoms with Gasteiger partial charge in [-0.2, -0.15) is 0 Å². The average Bonchev–Trinajstić information content (AvgIpc) is 2.71. The van der Waals surface area contributed by atoms with Gasteiger partial charge in [0.05, 0.1) is 5.69 Å². The maximum atomic E-state index is 14.1. The molecule has 0 unspecified atom stereocenters. The van der Waals surface area contributed by atoms with Crippen LogP contribution in [-0.4, -0.2) is 14.5 Å². The Kier molecular flexibility index (Phi) is 5.27. The lowest BCUT2D eigenvalue weighted by atomic mass is 9.95. The van der Waals surface area contributed by atoms with Crippen molar-refractivity contribution >= 4 is 32.4 Å². The average molecular weight is 416 g/mol. The van der Waals surface area contributed by atoms with Crippen LogP contribution in [-0.2, 0) is 10.0 Å². The molecule has 0 saturated heterocycles. The fourth-order valence-electron chi connectivity index (χ4n) is 3.70. The maximum Gasteiger partial charge on any atom is 0.363 e. The van der Waals surface area contributed by atoms with Gasteiger partial charge in [-0.25, -0.2) is 17.6 Å². The standard InChI is InChI=1S/C21H21FN2O4S/c22-16-11-5-7-13-18(16)29(26,27)24-20-19(23-14-8-2-1-3-9-14)15-10-4-6-12-17(15)28-21(20)25/h4-7,10-14,23-24H,1-3,8-9H2. The highest BCUT2D eigenvalue weighted by molar-refractivity contribution is 7.92. The molecule has 1 fully saturated rings. The molecule has 0 bridgehead atoms. The Labute approximate surface area is 167 Å². The molecular weight excluding hydrogens is 395 g/mol. The minimum absolute atomic E-state index is 0.116. The van der Waals surface area contributed by atoms with Crippen LogP contribution >= 0.6 is 0 Å². The summed E-state index contributed by atoms with van der Waals surface area (Å²) < 4.78 is 47.2. The normalized spacial score (nSPS) is 15.3. The van der Waals surface area contributed by atoms with Gasteiger partial charge >= 0.3 is 5.63 Å². The lowest BCUT2D eigenvalue weighted by Crippen LogP contribution is -2.26. The summed E-state index contributed by atoms with van der Waals surface area (Å²) in [4.78, 5) is 12.1. The van der Waals surface area contributed by atoms with E-state index in [1.165, 1.54) is 12.1 Å². The Bertz CT molecular complexity index is 1200. The van der Waals surface area contributed by atoms with Gasteiger partial charge in [-0.3, -0.25) is 4.72 Å². The van der Waals surface area contributed by atoms with Crippen molar-refractivity contribution in [2.75, 3.05) is 10.0 Å². The van der Waals surface area contributed by atoms with E-state index >= 15 is 0 Å². The summed E-state index contributed by atoms with van der Waals surface area (Å²) >= 11 is 0. The monoisotopic (exact) mass is 416 g/mol. The van der Waals surface area contributed by atoms with Crippen LogP contribution in [0, 0.1) is 5.82 Å². The lowest BCUT2D eigenvalue weighted by Gasteiger charge is -2.25.